The lowest BCUT2D eigenvalue weighted by Gasteiger charge is -2.48. The third-order valence-electron chi connectivity index (χ3n) is 6.44. The van der Waals surface area contributed by atoms with E-state index in [2.05, 4.69) is 51.7 Å². The van der Waals surface area contributed by atoms with Crippen LogP contribution in [0.1, 0.15) is 37.7 Å². The number of ether oxygens (including phenoxy) is 2. The highest BCUT2D eigenvalue weighted by atomic mass is 16.5. The van der Waals surface area contributed by atoms with Crippen molar-refractivity contribution >= 4 is 5.96 Å². The first kappa shape index (κ1) is 23.8. The Morgan fingerprint density at radius 2 is 1.94 bits per heavy atom. The minimum atomic E-state index is 0.222. The molecule has 2 N–H and O–H groups in total. The van der Waals surface area contributed by atoms with Gasteiger partial charge in [-0.1, -0.05) is 31.4 Å². The van der Waals surface area contributed by atoms with Crippen molar-refractivity contribution in [1.82, 2.24) is 20.4 Å². The molecule has 1 aromatic rings. The number of morpholine rings is 1. The standard InChI is InChI=1S/C24H41N5O2/c1-25-23(26-19-21-8-7-9-22(18-21)31-17-12-28(2)3)27-20-24(10-5-4-6-11-24)29-13-15-30-16-14-29/h7-9,18H,4-6,10-17,19-20H2,1-3H3,(H2,25,26,27). The highest BCUT2D eigenvalue weighted by Crippen LogP contribution is 2.33. The molecule has 0 atom stereocenters. The molecule has 0 bridgehead atoms. The van der Waals surface area contributed by atoms with E-state index in [9.17, 15) is 0 Å². The van der Waals surface area contributed by atoms with Crippen molar-refractivity contribution in [3.05, 3.63) is 29.8 Å². The molecule has 2 fully saturated rings. The predicted molar refractivity (Wildman–Crippen MR) is 127 cm³/mol. The Kier molecular flexibility index (Phi) is 9.43. The molecule has 0 aromatic heterocycles. The van der Waals surface area contributed by atoms with Gasteiger partial charge in [0.1, 0.15) is 12.4 Å². The van der Waals surface area contributed by atoms with Crippen LogP contribution in [0.3, 0.4) is 0 Å². The van der Waals surface area contributed by atoms with Gasteiger partial charge in [0.2, 0.25) is 0 Å². The number of hydrogen-bond donors (Lipinski definition) is 2. The summed E-state index contributed by atoms with van der Waals surface area (Å²) in [5, 5.41) is 7.11. The fourth-order valence-corrected chi connectivity index (χ4v) is 4.60. The van der Waals surface area contributed by atoms with Crippen molar-refractivity contribution in [2.24, 2.45) is 4.99 Å². The van der Waals surface area contributed by atoms with E-state index in [0.717, 1.165) is 57.6 Å². The van der Waals surface area contributed by atoms with Crippen LogP contribution in [0.25, 0.3) is 0 Å². The Labute approximate surface area is 188 Å². The van der Waals surface area contributed by atoms with Crippen LogP contribution in [0, 0.1) is 0 Å². The molecule has 7 heteroatoms. The molecule has 7 nitrogen and oxygen atoms in total. The molecule has 3 rings (SSSR count). The molecular formula is C24H41N5O2. The van der Waals surface area contributed by atoms with Gasteiger partial charge >= 0.3 is 0 Å². The van der Waals surface area contributed by atoms with Gasteiger partial charge in [0.25, 0.3) is 0 Å². The smallest absolute Gasteiger partial charge is 0.191 e. The summed E-state index contributed by atoms with van der Waals surface area (Å²) in [5.41, 5.74) is 1.41. The molecule has 174 valence electrons. The average Bonchev–Trinajstić information content (AvgIpc) is 2.80. The van der Waals surface area contributed by atoms with E-state index in [1.54, 1.807) is 0 Å². The minimum Gasteiger partial charge on any atom is -0.492 e. The Hall–Kier alpha value is -1.83. The number of likely N-dealkylation sites (N-methyl/N-ethyl adjacent to an activating group) is 1. The van der Waals surface area contributed by atoms with E-state index in [1.165, 1.54) is 37.7 Å². The Morgan fingerprint density at radius 1 is 1.16 bits per heavy atom. The molecule has 1 saturated carbocycles. The average molecular weight is 432 g/mol. The third kappa shape index (κ3) is 7.37. The predicted octanol–water partition coefficient (Wildman–Crippen LogP) is 2.33. The first-order chi connectivity index (χ1) is 15.1. The SMILES string of the molecule is CN=C(NCc1cccc(OCCN(C)C)c1)NCC1(N2CCOCC2)CCCCC1. The number of nitrogens with one attached hydrogen (secondary N) is 2. The van der Waals surface area contributed by atoms with E-state index >= 15 is 0 Å². The van der Waals surface area contributed by atoms with Gasteiger partial charge in [-0.05, 0) is 44.6 Å². The van der Waals surface area contributed by atoms with Crippen LogP contribution in [0.5, 0.6) is 5.75 Å². The Morgan fingerprint density at radius 3 is 2.65 bits per heavy atom. The van der Waals surface area contributed by atoms with Gasteiger partial charge in [-0.15, -0.1) is 0 Å². The zero-order chi connectivity index (χ0) is 21.9. The lowest BCUT2D eigenvalue weighted by Crippen LogP contribution is -2.60. The van der Waals surface area contributed by atoms with E-state index < -0.39 is 0 Å². The van der Waals surface area contributed by atoms with Crippen LogP contribution in [-0.2, 0) is 11.3 Å². The fraction of sp³-hybridized carbons (Fsp3) is 0.708. The Balaban J connectivity index is 1.51. The summed E-state index contributed by atoms with van der Waals surface area (Å²) in [4.78, 5) is 9.25. The van der Waals surface area contributed by atoms with E-state index in [1.807, 2.05) is 19.2 Å². The summed E-state index contributed by atoms with van der Waals surface area (Å²) in [6.45, 7) is 7.02. The molecule has 31 heavy (non-hydrogen) atoms. The highest BCUT2D eigenvalue weighted by molar-refractivity contribution is 5.79. The summed E-state index contributed by atoms with van der Waals surface area (Å²) in [7, 11) is 5.95. The van der Waals surface area contributed by atoms with Crippen molar-refractivity contribution in [3.63, 3.8) is 0 Å². The summed E-state index contributed by atoms with van der Waals surface area (Å²) < 4.78 is 11.5. The van der Waals surface area contributed by atoms with E-state index in [0.29, 0.717) is 6.61 Å². The molecule has 1 saturated heterocycles. The summed E-state index contributed by atoms with van der Waals surface area (Å²) in [5.74, 6) is 1.77. The monoisotopic (exact) mass is 431 g/mol. The van der Waals surface area contributed by atoms with Crippen LogP contribution in [0.15, 0.2) is 29.3 Å². The van der Waals surface area contributed by atoms with Crippen LogP contribution < -0.4 is 15.4 Å². The largest absolute Gasteiger partial charge is 0.492 e. The second-order valence-corrected chi connectivity index (χ2v) is 8.96. The van der Waals surface area contributed by atoms with Crippen molar-refractivity contribution in [2.45, 2.75) is 44.2 Å². The normalized spacial score (nSPS) is 19.9. The number of hydrogen-bond acceptors (Lipinski definition) is 5. The lowest BCUT2D eigenvalue weighted by molar-refractivity contribution is -0.0352. The van der Waals surface area contributed by atoms with Crippen LogP contribution >= 0.6 is 0 Å². The second kappa shape index (κ2) is 12.3. The molecule has 0 spiro atoms. The van der Waals surface area contributed by atoms with Crippen molar-refractivity contribution in [3.8, 4) is 5.75 Å². The van der Waals surface area contributed by atoms with Crippen LogP contribution in [-0.4, -0.2) is 88.4 Å². The number of aliphatic imine (C=N–C) groups is 1. The number of nitrogens with zero attached hydrogens (tertiary/aromatic N) is 3. The molecular weight excluding hydrogens is 390 g/mol. The van der Waals surface area contributed by atoms with Gasteiger partial charge in [-0.2, -0.15) is 0 Å². The zero-order valence-electron chi connectivity index (χ0n) is 19.7. The topological polar surface area (TPSA) is 61.4 Å². The molecule has 1 heterocycles. The van der Waals surface area contributed by atoms with Gasteiger partial charge in [0.05, 0.1) is 13.2 Å². The van der Waals surface area contributed by atoms with Crippen LogP contribution in [0.2, 0.25) is 0 Å². The number of guanidine groups is 1. The van der Waals surface area contributed by atoms with Crippen molar-refractivity contribution < 1.29 is 9.47 Å². The van der Waals surface area contributed by atoms with Gasteiger partial charge in [-0.3, -0.25) is 9.89 Å². The molecule has 1 aliphatic heterocycles. The molecule has 0 unspecified atom stereocenters. The van der Waals surface area contributed by atoms with E-state index in [-0.39, 0.29) is 5.54 Å². The van der Waals surface area contributed by atoms with Gasteiger partial charge in [0.15, 0.2) is 5.96 Å². The molecule has 1 aromatic carbocycles. The van der Waals surface area contributed by atoms with Gasteiger partial charge in [0, 0.05) is 45.3 Å². The first-order valence-electron chi connectivity index (χ1n) is 11.8. The maximum Gasteiger partial charge on any atom is 0.191 e. The molecule has 0 radical (unpaired) electrons. The highest BCUT2D eigenvalue weighted by Gasteiger charge is 2.38. The molecule has 0 amide bonds. The van der Waals surface area contributed by atoms with Crippen molar-refractivity contribution in [2.75, 3.05) is 67.1 Å². The summed E-state index contributed by atoms with van der Waals surface area (Å²) in [6, 6.07) is 8.29. The van der Waals surface area contributed by atoms with Gasteiger partial charge in [-0.25, -0.2) is 0 Å². The van der Waals surface area contributed by atoms with E-state index in [4.69, 9.17) is 9.47 Å². The van der Waals surface area contributed by atoms with Crippen LogP contribution in [0.4, 0.5) is 0 Å². The third-order valence-corrected chi connectivity index (χ3v) is 6.44. The summed E-state index contributed by atoms with van der Waals surface area (Å²) in [6.07, 6.45) is 6.48. The summed E-state index contributed by atoms with van der Waals surface area (Å²) >= 11 is 0. The number of benzene rings is 1. The fourth-order valence-electron chi connectivity index (χ4n) is 4.60. The lowest BCUT2D eigenvalue weighted by atomic mass is 9.80. The second-order valence-electron chi connectivity index (χ2n) is 8.96. The maximum atomic E-state index is 5.87. The number of rotatable bonds is 9. The zero-order valence-corrected chi connectivity index (χ0v) is 19.7. The molecule has 2 aliphatic rings. The minimum absolute atomic E-state index is 0.222. The van der Waals surface area contributed by atoms with Gasteiger partial charge < -0.3 is 25.0 Å². The van der Waals surface area contributed by atoms with Crippen molar-refractivity contribution in [1.29, 1.82) is 0 Å². The Bertz CT molecular complexity index is 682. The quantitative estimate of drug-likeness (QED) is 0.462. The molecule has 1 aliphatic carbocycles. The maximum absolute atomic E-state index is 5.87. The first-order valence-corrected chi connectivity index (χ1v) is 11.8.